The Morgan fingerprint density at radius 1 is 1.27 bits per heavy atom. The summed E-state index contributed by atoms with van der Waals surface area (Å²) in [5, 5.41) is 10.1. The Bertz CT molecular complexity index is 449. The molecule has 0 spiro atoms. The molecule has 126 valence electrons. The van der Waals surface area contributed by atoms with Gasteiger partial charge in [0.2, 0.25) is 0 Å². The van der Waals surface area contributed by atoms with Crippen LogP contribution in [0.5, 0.6) is 0 Å². The van der Waals surface area contributed by atoms with Crippen LogP contribution in [0.3, 0.4) is 0 Å². The highest BCUT2D eigenvalue weighted by Gasteiger charge is 2.17. The molecule has 22 heavy (non-hydrogen) atoms. The van der Waals surface area contributed by atoms with E-state index in [-0.39, 0.29) is 5.41 Å². The minimum atomic E-state index is 0.135. The first-order valence-electron chi connectivity index (χ1n) is 7.85. The summed E-state index contributed by atoms with van der Waals surface area (Å²) in [6, 6.07) is 0. The van der Waals surface area contributed by atoms with E-state index in [4.69, 9.17) is 4.98 Å². The maximum Gasteiger partial charge on any atom is 0.190 e. The maximum absolute atomic E-state index is 4.72. The van der Waals surface area contributed by atoms with Crippen LogP contribution in [0, 0.1) is 0 Å². The van der Waals surface area contributed by atoms with Crippen molar-refractivity contribution in [2.45, 2.75) is 45.4 Å². The van der Waals surface area contributed by atoms with Crippen molar-refractivity contribution in [2.75, 3.05) is 32.1 Å². The first kappa shape index (κ1) is 19.3. The van der Waals surface area contributed by atoms with Crippen LogP contribution < -0.4 is 10.6 Å². The highest BCUT2D eigenvalue weighted by atomic mass is 32.2. The van der Waals surface area contributed by atoms with E-state index in [0.717, 1.165) is 25.5 Å². The Morgan fingerprint density at radius 2 is 2.00 bits per heavy atom. The van der Waals surface area contributed by atoms with Gasteiger partial charge in [0, 0.05) is 37.4 Å². The molecule has 0 saturated carbocycles. The molecule has 1 heterocycles. The summed E-state index contributed by atoms with van der Waals surface area (Å²) >= 11 is 3.65. The average Bonchev–Trinajstić information content (AvgIpc) is 2.94. The molecule has 0 aliphatic rings. The zero-order chi connectivity index (χ0) is 16.4. The summed E-state index contributed by atoms with van der Waals surface area (Å²) in [5.74, 6) is 2.12. The number of unbranched alkanes of at least 4 members (excludes halogenated alkanes) is 1. The third-order valence-electron chi connectivity index (χ3n) is 3.24. The molecule has 0 atom stereocenters. The second-order valence-electron chi connectivity index (χ2n) is 6.25. The Morgan fingerprint density at radius 3 is 2.59 bits per heavy atom. The SMILES string of the molecule is CN=C(NCCCCSC)NCCc1nc(C(C)(C)C)cs1. The topological polar surface area (TPSA) is 49.3 Å². The van der Waals surface area contributed by atoms with Crippen LogP contribution in [-0.2, 0) is 11.8 Å². The van der Waals surface area contributed by atoms with Gasteiger partial charge in [0.05, 0.1) is 10.7 Å². The second-order valence-corrected chi connectivity index (χ2v) is 8.18. The molecule has 1 rings (SSSR count). The number of aromatic nitrogens is 1. The first-order chi connectivity index (χ1) is 10.5. The highest BCUT2D eigenvalue weighted by molar-refractivity contribution is 7.98. The van der Waals surface area contributed by atoms with E-state index in [0.29, 0.717) is 0 Å². The van der Waals surface area contributed by atoms with Gasteiger partial charge >= 0.3 is 0 Å². The van der Waals surface area contributed by atoms with Gasteiger partial charge in [0.1, 0.15) is 0 Å². The van der Waals surface area contributed by atoms with Crippen LogP contribution in [0.4, 0.5) is 0 Å². The quantitative estimate of drug-likeness (QED) is 0.432. The Balaban J connectivity index is 2.25. The van der Waals surface area contributed by atoms with Gasteiger partial charge in [-0.1, -0.05) is 20.8 Å². The van der Waals surface area contributed by atoms with Gasteiger partial charge in [-0.05, 0) is 24.9 Å². The molecular formula is C16H30N4S2. The van der Waals surface area contributed by atoms with Crippen LogP contribution in [0.25, 0.3) is 0 Å². The van der Waals surface area contributed by atoms with Gasteiger partial charge in [0.15, 0.2) is 5.96 Å². The molecule has 1 aromatic heterocycles. The van der Waals surface area contributed by atoms with Crippen molar-refractivity contribution in [3.05, 3.63) is 16.1 Å². The predicted molar refractivity (Wildman–Crippen MR) is 101 cm³/mol. The molecule has 0 aromatic carbocycles. The van der Waals surface area contributed by atoms with Crippen molar-refractivity contribution in [1.29, 1.82) is 0 Å². The first-order valence-corrected chi connectivity index (χ1v) is 10.1. The molecule has 2 N–H and O–H groups in total. The van der Waals surface area contributed by atoms with E-state index in [9.17, 15) is 0 Å². The van der Waals surface area contributed by atoms with E-state index in [1.54, 1.807) is 11.3 Å². The van der Waals surface area contributed by atoms with Crippen LogP contribution >= 0.6 is 23.1 Å². The van der Waals surface area contributed by atoms with E-state index in [2.05, 4.69) is 48.0 Å². The summed E-state index contributed by atoms with van der Waals surface area (Å²) in [7, 11) is 1.82. The number of aliphatic imine (C=N–C) groups is 1. The van der Waals surface area contributed by atoms with Crippen molar-refractivity contribution in [3.8, 4) is 0 Å². The smallest absolute Gasteiger partial charge is 0.190 e. The minimum Gasteiger partial charge on any atom is -0.356 e. The monoisotopic (exact) mass is 342 g/mol. The summed E-state index contributed by atoms with van der Waals surface area (Å²) in [6.07, 6.45) is 5.52. The van der Waals surface area contributed by atoms with Gasteiger partial charge < -0.3 is 10.6 Å². The fourth-order valence-corrected chi connectivity index (χ4v) is 3.37. The number of guanidine groups is 1. The predicted octanol–water partition coefficient (Wildman–Crippen LogP) is 3.29. The molecule has 0 saturated heterocycles. The Hall–Kier alpha value is -0.750. The molecule has 1 aromatic rings. The molecule has 0 aliphatic carbocycles. The summed E-state index contributed by atoms with van der Waals surface area (Å²) in [4.78, 5) is 8.97. The molecule has 0 fully saturated rings. The number of hydrogen-bond donors (Lipinski definition) is 2. The summed E-state index contributed by atoms with van der Waals surface area (Å²) in [6.45, 7) is 8.44. The number of thiazole rings is 1. The van der Waals surface area contributed by atoms with E-state index in [1.165, 1.54) is 29.3 Å². The van der Waals surface area contributed by atoms with E-state index >= 15 is 0 Å². The molecular weight excluding hydrogens is 312 g/mol. The standard InChI is InChI=1S/C16H30N4S2/c1-16(2,3)13-12-22-14(20-13)8-10-19-15(17-4)18-9-6-7-11-21-5/h12H,6-11H2,1-5H3,(H2,17,18,19). The van der Waals surface area contributed by atoms with E-state index in [1.807, 2.05) is 18.8 Å². The Kier molecular flexibility index (Phi) is 8.86. The van der Waals surface area contributed by atoms with Crippen molar-refractivity contribution >= 4 is 29.1 Å². The van der Waals surface area contributed by atoms with Gasteiger partial charge in [-0.2, -0.15) is 11.8 Å². The molecule has 0 radical (unpaired) electrons. The molecule has 4 nitrogen and oxygen atoms in total. The third-order valence-corrected chi connectivity index (χ3v) is 4.85. The lowest BCUT2D eigenvalue weighted by molar-refractivity contribution is 0.570. The van der Waals surface area contributed by atoms with Crippen molar-refractivity contribution in [2.24, 2.45) is 4.99 Å². The minimum absolute atomic E-state index is 0.135. The molecule has 0 aliphatic heterocycles. The molecule has 0 bridgehead atoms. The lowest BCUT2D eigenvalue weighted by Gasteiger charge is -2.14. The van der Waals surface area contributed by atoms with Crippen LogP contribution in [0.15, 0.2) is 10.4 Å². The zero-order valence-corrected chi connectivity index (χ0v) is 16.2. The number of hydrogen-bond acceptors (Lipinski definition) is 4. The van der Waals surface area contributed by atoms with Crippen LogP contribution in [0.2, 0.25) is 0 Å². The van der Waals surface area contributed by atoms with Gasteiger partial charge in [-0.15, -0.1) is 11.3 Å². The van der Waals surface area contributed by atoms with Gasteiger partial charge in [-0.25, -0.2) is 4.98 Å². The largest absolute Gasteiger partial charge is 0.356 e. The van der Waals surface area contributed by atoms with Gasteiger partial charge in [0.25, 0.3) is 0 Å². The van der Waals surface area contributed by atoms with Crippen molar-refractivity contribution < 1.29 is 0 Å². The Labute approximate surface area is 143 Å². The molecule has 6 heteroatoms. The number of rotatable bonds is 8. The average molecular weight is 343 g/mol. The maximum atomic E-state index is 4.72. The number of thioether (sulfide) groups is 1. The van der Waals surface area contributed by atoms with Crippen molar-refractivity contribution in [1.82, 2.24) is 15.6 Å². The van der Waals surface area contributed by atoms with E-state index < -0.39 is 0 Å². The summed E-state index contributed by atoms with van der Waals surface area (Å²) in [5.41, 5.74) is 1.32. The van der Waals surface area contributed by atoms with Crippen molar-refractivity contribution in [3.63, 3.8) is 0 Å². The van der Waals surface area contributed by atoms with Crippen LogP contribution in [-0.4, -0.2) is 43.1 Å². The fourth-order valence-electron chi connectivity index (χ4n) is 1.86. The number of nitrogens with one attached hydrogen (secondary N) is 2. The second kappa shape index (κ2) is 10.1. The van der Waals surface area contributed by atoms with Gasteiger partial charge in [-0.3, -0.25) is 4.99 Å². The molecule has 0 unspecified atom stereocenters. The number of nitrogens with zero attached hydrogens (tertiary/aromatic N) is 2. The fraction of sp³-hybridized carbons (Fsp3) is 0.750. The normalized spacial score (nSPS) is 12.5. The lowest BCUT2D eigenvalue weighted by Crippen LogP contribution is -2.38. The third kappa shape index (κ3) is 7.49. The highest BCUT2D eigenvalue weighted by Crippen LogP contribution is 2.23. The lowest BCUT2D eigenvalue weighted by atomic mass is 9.93. The zero-order valence-electron chi connectivity index (χ0n) is 14.5. The van der Waals surface area contributed by atoms with Crippen LogP contribution in [0.1, 0.15) is 44.3 Å². The molecule has 0 amide bonds. The summed E-state index contributed by atoms with van der Waals surface area (Å²) < 4.78 is 0.